The lowest BCUT2D eigenvalue weighted by Crippen LogP contribution is -2.40. The summed E-state index contributed by atoms with van der Waals surface area (Å²) in [5.74, 6) is 0. The zero-order valence-corrected chi connectivity index (χ0v) is 12.3. The molecule has 0 bridgehead atoms. The van der Waals surface area contributed by atoms with Crippen molar-refractivity contribution in [2.24, 2.45) is 0 Å². The van der Waals surface area contributed by atoms with Crippen LogP contribution in [0, 0.1) is 0 Å². The molecular weight excluding hydrogens is 278 g/mol. The van der Waals surface area contributed by atoms with Crippen molar-refractivity contribution in [1.29, 1.82) is 0 Å². The lowest BCUT2D eigenvalue weighted by atomic mass is 10.0. The third kappa shape index (κ3) is 3.93. The SMILES string of the molecule is O=CN(OCc1ccccc1)C(Cc1ccccc1)C1CO1. The minimum Gasteiger partial charge on any atom is -0.371 e. The molecule has 1 aliphatic rings. The molecule has 1 aliphatic heterocycles. The number of hydrogen-bond donors (Lipinski definition) is 0. The average Bonchev–Trinajstić information content (AvgIpc) is 3.41. The van der Waals surface area contributed by atoms with E-state index in [-0.39, 0.29) is 12.1 Å². The van der Waals surface area contributed by atoms with Crippen LogP contribution in [0.5, 0.6) is 0 Å². The number of benzene rings is 2. The molecule has 4 heteroatoms. The van der Waals surface area contributed by atoms with E-state index < -0.39 is 0 Å². The van der Waals surface area contributed by atoms with Gasteiger partial charge >= 0.3 is 0 Å². The van der Waals surface area contributed by atoms with Crippen molar-refractivity contribution in [3.8, 4) is 0 Å². The van der Waals surface area contributed by atoms with Crippen molar-refractivity contribution in [3.05, 3.63) is 71.8 Å². The summed E-state index contributed by atoms with van der Waals surface area (Å²) >= 11 is 0. The summed E-state index contributed by atoms with van der Waals surface area (Å²) < 4.78 is 5.40. The number of hydrogen-bond acceptors (Lipinski definition) is 3. The number of nitrogens with zero attached hydrogens (tertiary/aromatic N) is 1. The van der Waals surface area contributed by atoms with E-state index in [4.69, 9.17) is 9.57 Å². The summed E-state index contributed by atoms with van der Waals surface area (Å²) in [4.78, 5) is 17.1. The summed E-state index contributed by atoms with van der Waals surface area (Å²) in [5, 5.41) is 1.40. The molecule has 0 radical (unpaired) electrons. The maximum Gasteiger partial charge on any atom is 0.233 e. The molecule has 4 nitrogen and oxygen atoms in total. The maximum atomic E-state index is 11.4. The molecule has 1 amide bonds. The number of epoxide rings is 1. The minimum atomic E-state index is -0.0939. The number of carbonyl (C=O) groups excluding carboxylic acids is 1. The number of ether oxygens (including phenoxy) is 1. The molecule has 3 rings (SSSR count). The molecule has 1 fully saturated rings. The fraction of sp³-hybridized carbons (Fsp3) is 0.278. The van der Waals surface area contributed by atoms with Gasteiger partial charge in [-0.1, -0.05) is 60.7 Å². The van der Waals surface area contributed by atoms with E-state index in [9.17, 15) is 4.79 Å². The Morgan fingerprint density at radius 2 is 1.68 bits per heavy atom. The second-order valence-electron chi connectivity index (χ2n) is 5.35. The highest BCUT2D eigenvalue weighted by Crippen LogP contribution is 2.23. The molecule has 2 aromatic carbocycles. The van der Waals surface area contributed by atoms with Crippen molar-refractivity contribution in [2.75, 3.05) is 6.61 Å². The Kier molecular flexibility index (Phi) is 4.83. The number of carbonyl (C=O) groups is 1. The third-order valence-corrected chi connectivity index (χ3v) is 3.73. The van der Waals surface area contributed by atoms with Gasteiger partial charge in [0.1, 0.15) is 12.7 Å². The Hall–Kier alpha value is -2.17. The van der Waals surface area contributed by atoms with Crippen LogP contribution in [0.3, 0.4) is 0 Å². The Balaban J connectivity index is 1.64. The van der Waals surface area contributed by atoms with Gasteiger partial charge in [-0.3, -0.25) is 9.63 Å². The fourth-order valence-electron chi connectivity index (χ4n) is 2.45. The molecule has 1 heterocycles. The minimum absolute atomic E-state index is 0.0566. The van der Waals surface area contributed by atoms with E-state index in [1.807, 2.05) is 48.5 Å². The lowest BCUT2D eigenvalue weighted by Gasteiger charge is -2.26. The van der Waals surface area contributed by atoms with Crippen molar-refractivity contribution in [3.63, 3.8) is 0 Å². The van der Waals surface area contributed by atoms with Crippen LogP contribution in [-0.4, -0.2) is 30.2 Å². The highest BCUT2D eigenvalue weighted by atomic mass is 16.7. The van der Waals surface area contributed by atoms with Crippen LogP contribution in [0.2, 0.25) is 0 Å². The summed E-state index contributed by atoms with van der Waals surface area (Å²) in [6.07, 6.45) is 1.53. The molecule has 0 saturated carbocycles. The standard InChI is InChI=1S/C18H19NO3/c20-14-19(22-12-16-9-5-2-6-10-16)17(18-13-21-18)11-15-7-3-1-4-8-15/h1-10,14,17-18H,11-13H2. The van der Waals surface area contributed by atoms with Crippen LogP contribution in [0.4, 0.5) is 0 Å². The van der Waals surface area contributed by atoms with E-state index in [1.165, 1.54) is 5.06 Å². The quantitative estimate of drug-likeness (QED) is 0.427. The van der Waals surface area contributed by atoms with Gasteiger partial charge < -0.3 is 4.74 Å². The fourth-order valence-corrected chi connectivity index (χ4v) is 2.45. The summed E-state index contributed by atoms with van der Waals surface area (Å²) in [6, 6.07) is 19.8. The number of rotatable bonds is 8. The van der Waals surface area contributed by atoms with Gasteiger partial charge in [-0.2, -0.15) is 0 Å². The maximum absolute atomic E-state index is 11.4. The second kappa shape index (κ2) is 7.20. The summed E-state index contributed by atoms with van der Waals surface area (Å²) in [6.45, 7) is 1.05. The van der Waals surface area contributed by atoms with Crippen molar-refractivity contribution in [2.45, 2.75) is 25.2 Å². The highest BCUT2D eigenvalue weighted by molar-refractivity contribution is 5.46. The Bertz CT molecular complexity index is 584. The molecule has 2 atom stereocenters. The molecular formula is C18H19NO3. The van der Waals surface area contributed by atoms with Gasteiger partial charge in [-0.05, 0) is 17.5 Å². The first-order valence-electron chi connectivity index (χ1n) is 7.43. The van der Waals surface area contributed by atoms with Crippen molar-refractivity contribution >= 4 is 6.41 Å². The average molecular weight is 297 g/mol. The van der Waals surface area contributed by atoms with E-state index in [0.29, 0.717) is 13.2 Å². The van der Waals surface area contributed by atoms with Crippen LogP contribution < -0.4 is 0 Å². The van der Waals surface area contributed by atoms with Crippen LogP contribution in [0.15, 0.2) is 60.7 Å². The van der Waals surface area contributed by atoms with E-state index in [1.54, 1.807) is 0 Å². The molecule has 0 N–H and O–H groups in total. The summed E-state index contributed by atoms with van der Waals surface area (Å²) in [7, 11) is 0. The van der Waals surface area contributed by atoms with Gasteiger partial charge in [0.05, 0.1) is 12.6 Å². The third-order valence-electron chi connectivity index (χ3n) is 3.73. The first kappa shape index (κ1) is 14.8. The molecule has 2 aromatic rings. The Morgan fingerprint density at radius 3 is 2.23 bits per heavy atom. The lowest BCUT2D eigenvalue weighted by molar-refractivity contribution is -0.194. The van der Waals surface area contributed by atoms with Crippen molar-refractivity contribution in [1.82, 2.24) is 5.06 Å². The molecule has 114 valence electrons. The van der Waals surface area contributed by atoms with E-state index in [2.05, 4.69) is 12.1 Å². The van der Waals surface area contributed by atoms with Gasteiger partial charge in [0.25, 0.3) is 0 Å². The van der Waals surface area contributed by atoms with Crippen molar-refractivity contribution < 1.29 is 14.4 Å². The van der Waals surface area contributed by atoms with Gasteiger partial charge in [-0.25, -0.2) is 5.06 Å². The zero-order valence-electron chi connectivity index (χ0n) is 12.3. The molecule has 0 spiro atoms. The predicted octanol–water partition coefficient (Wildman–Crippen LogP) is 2.59. The molecule has 0 aromatic heterocycles. The second-order valence-corrected chi connectivity index (χ2v) is 5.35. The monoisotopic (exact) mass is 297 g/mol. The number of hydroxylamine groups is 2. The first-order chi connectivity index (χ1) is 10.9. The molecule has 1 saturated heterocycles. The van der Waals surface area contributed by atoms with Crippen LogP contribution in [0.25, 0.3) is 0 Å². The van der Waals surface area contributed by atoms with Gasteiger partial charge in [-0.15, -0.1) is 0 Å². The first-order valence-corrected chi connectivity index (χ1v) is 7.43. The zero-order chi connectivity index (χ0) is 15.2. The smallest absolute Gasteiger partial charge is 0.233 e. The summed E-state index contributed by atoms with van der Waals surface area (Å²) in [5.41, 5.74) is 2.20. The normalized spacial score (nSPS) is 17.7. The predicted molar refractivity (Wildman–Crippen MR) is 82.8 cm³/mol. The highest BCUT2D eigenvalue weighted by Gasteiger charge is 2.37. The van der Waals surface area contributed by atoms with Gasteiger partial charge in [0.15, 0.2) is 0 Å². The Labute approximate surface area is 130 Å². The van der Waals surface area contributed by atoms with Crippen LogP contribution in [0.1, 0.15) is 11.1 Å². The Morgan fingerprint density at radius 1 is 1.09 bits per heavy atom. The molecule has 2 unspecified atom stereocenters. The van der Waals surface area contributed by atoms with E-state index in [0.717, 1.165) is 24.0 Å². The number of amides is 1. The van der Waals surface area contributed by atoms with Crippen LogP contribution in [-0.2, 0) is 27.4 Å². The largest absolute Gasteiger partial charge is 0.371 e. The van der Waals surface area contributed by atoms with Gasteiger partial charge in [0, 0.05) is 0 Å². The van der Waals surface area contributed by atoms with E-state index >= 15 is 0 Å². The van der Waals surface area contributed by atoms with Gasteiger partial charge in [0.2, 0.25) is 6.41 Å². The topological polar surface area (TPSA) is 42.1 Å². The molecule has 22 heavy (non-hydrogen) atoms. The van der Waals surface area contributed by atoms with Crippen LogP contribution >= 0.6 is 0 Å². The molecule has 0 aliphatic carbocycles.